The van der Waals surface area contributed by atoms with Crippen molar-refractivity contribution < 1.29 is 4.79 Å². The number of aromatic nitrogens is 3. The van der Waals surface area contributed by atoms with Crippen LogP contribution in [0.3, 0.4) is 0 Å². The van der Waals surface area contributed by atoms with Gasteiger partial charge in [0.2, 0.25) is 0 Å². The topological polar surface area (TPSA) is 59.3 Å². The van der Waals surface area contributed by atoms with Gasteiger partial charge in [-0.3, -0.25) is 4.79 Å². The molecule has 1 N–H and O–H groups in total. The molecule has 0 bridgehead atoms. The van der Waals surface area contributed by atoms with Crippen molar-refractivity contribution in [3.8, 4) is 11.3 Å². The number of carbonyl (C=O) groups excluding carboxylic acids is 1. The maximum atomic E-state index is 12.3. The molecular weight excluding hydrogens is 344 g/mol. The van der Waals surface area contributed by atoms with Gasteiger partial charge in [0.1, 0.15) is 11.3 Å². The minimum atomic E-state index is -0.177. The van der Waals surface area contributed by atoms with Crippen molar-refractivity contribution in [3.05, 3.63) is 76.0 Å². The Morgan fingerprint density at radius 1 is 1.12 bits per heavy atom. The van der Waals surface area contributed by atoms with Crippen LogP contribution in [-0.4, -0.2) is 20.3 Å². The predicted molar refractivity (Wildman–Crippen MR) is 103 cm³/mol. The van der Waals surface area contributed by atoms with Gasteiger partial charge in [-0.05, 0) is 25.5 Å². The Hall–Kier alpha value is -2.99. The van der Waals surface area contributed by atoms with E-state index in [4.69, 9.17) is 4.98 Å². The van der Waals surface area contributed by atoms with Crippen LogP contribution in [0.25, 0.3) is 16.9 Å². The van der Waals surface area contributed by atoms with E-state index >= 15 is 0 Å². The van der Waals surface area contributed by atoms with Crippen LogP contribution in [0, 0.1) is 13.8 Å². The molecule has 0 aliphatic carbocycles. The lowest BCUT2D eigenvalue weighted by Crippen LogP contribution is -2.24. The van der Waals surface area contributed by atoms with Crippen LogP contribution in [0.1, 0.15) is 27.3 Å². The van der Waals surface area contributed by atoms with Gasteiger partial charge in [0.25, 0.3) is 5.91 Å². The van der Waals surface area contributed by atoms with Gasteiger partial charge in [0, 0.05) is 17.1 Å². The molecule has 3 aromatic heterocycles. The van der Waals surface area contributed by atoms with Crippen LogP contribution in [0.4, 0.5) is 0 Å². The van der Waals surface area contributed by atoms with Crippen molar-refractivity contribution >= 4 is 22.9 Å². The molecule has 0 aliphatic heterocycles. The van der Waals surface area contributed by atoms with E-state index in [1.807, 2.05) is 29.7 Å². The largest absolute Gasteiger partial charge is 0.345 e. The van der Waals surface area contributed by atoms with E-state index < -0.39 is 0 Å². The summed E-state index contributed by atoms with van der Waals surface area (Å²) in [7, 11) is 0. The molecule has 1 aromatic carbocycles. The SMILES string of the molecule is Cc1ccc(-c2nc3ccc(C)cn3c2CNC(=O)c2cscn2)cc1. The average molecular weight is 362 g/mol. The van der Waals surface area contributed by atoms with Gasteiger partial charge in [-0.1, -0.05) is 35.9 Å². The fourth-order valence-corrected chi connectivity index (χ4v) is 3.42. The first kappa shape index (κ1) is 16.5. The van der Waals surface area contributed by atoms with Crippen LogP contribution < -0.4 is 5.32 Å². The molecule has 0 saturated heterocycles. The normalized spacial score (nSPS) is 11.0. The summed E-state index contributed by atoms with van der Waals surface area (Å²) in [6.45, 7) is 4.48. The second-order valence-electron chi connectivity index (χ2n) is 6.26. The highest BCUT2D eigenvalue weighted by Crippen LogP contribution is 2.25. The van der Waals surface area contributed by atoms with Gasteiger partial charge in [-0.2, -0.15) is 0 Å². The van der Waals surface area contributed by atoms with E-state index in [0.717, 1.165) is 28.2 Å². The zero-order chi connectivity index (χ0) is 18.1. The molecule has 0 fully saturated rings. The fraction of sp³-hybridized carbons (Fsp3) is 0.150. The quantitative estimate of drug-likeness (QED) is 0.597. The molecule has 0 aliphatic rings. The summed E-state index contributed by atoms with van der Waals surface area (Å²) in [6.07, 6.45) is 2.05. The van der Waals surface area contributed by atoms with Crippen LogP contribution in [0.5, 0.6) is 0 Å². The molecule has 5 nitrogen and oxygen atoms in total. The van der Waals surface area contributed by atoms with Gasteiger partial charge in [0.05, 0.1) is 23.4 Å². The van der Waals surface area contributed by atoms with Crippen LogP contribution >= 0.6 is 11.3 Å². The number of carbonyl (C=O) groups is 1. The first-order valence-electron chi connectivity index (χ1n) is 8.33. The maximum Gasteiger partial charge on any atom is 0.271 e. The third kappa shape index (κ3) is 3.11. The number of nitrogens with one attached hydrogen (secondary N) is 1. The van der Waals surface area contributed by atoms with E-state index in [2.05, 4.69) is 41.5 Å². The highest BCUT2D eigenvalue weighted by Gasteiger charge is 2.16. The number of amides is 1. The fourth-order valence-electron chi connectivity index (χ4n) is 2.89. The number of rotatable bonds is 4. The predicted octanol–water partition coefficient (Wildman–Crippen LogP) is 4.00. The minimum absolute atomic E-state index is 0.177. The smallest absolute Gasteiger partial charge is 0.271 e. The van der Waals surface area contributed by atoms with Crippen LogP contribution in [-0.2, 0) is 6.54 Å². The van der Waals surface area contributed by atoms with Gasteiger partial charge < -0.3 is 9.72 Å². The van der Waals surface area contributed by atoms with E-state index in [9.17, 15) is 4.79 Å². The van der Waals surface area contributed by atoms with Crippen molar-refractivity contribution in [2.24, 2.45) is 0 Å². The molecule has 4 aromatic rings. The number of benzene rings is 1. The molecule has 0 unspecified atom stereocenters. The van der Waals surface area contributed by atoms with Crippen molar-refractivity contribution in [2.45, 2.75) is 20.4 Å². The molecule has 6 heteroatoms. The number of aryl methyl sites for hydroxylation is 2. The van der Waals surface area contributed by atoms with Gasteiger partial charge in [-0.25, -0.2) is 9.97 Å². The van der Waals surface area contributed by atoms with Gasteiger partial charge >= 0.3 is 0 Å². The minimum Gasteiger partial charge on any atom is -0.345 e. The van der Waals surface area contributed by atoms with Crippen LogP contribution in [0.15, 0.2) is 53.5 Å². The standard InChI is InChI=1S/C20H18N4OS/c1-13-3-6-15(7-4-13)19-17(9-21-20(25)16-11-26-12-22-16)24-10-14(2)5-8-18(24)23-19/h3-8,10-12H,9H2,1-2H3,(H,21,25). The third-order valence-electron chi connectivity index (χ3n) is 4.27. The molecule has 0 saturated carbocycles. The van der Waals surface area contributed by atoms with E-state index in [1.165, 1.54) is 16.9 Å². The second-order valence-corrected chi connectivity index (χ2v) is 6.98. The molecular formula is C20H18N4OS. The molecule has 130 valence electrons. The summed E-state index contributed by atoms with van der Waals surface area (Å²) in [6, 6.07) is 12.3. The Balaban J connectivity index is 1.75. The van der Waals surface area contributed by atoms with Crippen molar-refractivity contribution in [2.75, 3.05) is 0 Å². The summed E-state index contributed by atoms with van der Waals surface area (Å²) < 4.78 is 2.05. The number of nitrogens with zero attached hydrogens (tertiary/aromatic N) is 3. The van der Waals surface area contributed by atoms with Crippen molar-refractivity contribution in [3.63, 3.8) is 0 Å². The molecule has 0 atom stereocenters. The summed E-state index contributed by atoms with van der Waals surface area (Å²) in [4.78, 5) is 21.2. The molecule has 0 spiro atoms. The lowest BCUT2D eigenvalue weighted by molar-refractivity contribution is 0.0946. The summed E-state index contributed by atoms with van der Waals surface area (Å²) in [5.74, 6) is -0.177. The van der Waals surface area contributed by atoms with E-state index in [1.54, 1.807) is 10.9 Å². The third-order valence-corrected chi connectivity index (χ3v) is 4.86. The number of fused-ring (bicyclic) bond motifs is 1. The Morgan fingerprint density at radius 2 is 1.88 bits per heavy atom. The zero-order valence-electron chi connectivity index (χ0n) is 14.6. The second kappa shape index (κ2) is 6.72. The zero-order valence-corrected chi connectivity index (χ0v) is 15.4. The Morgan fingerprint density at radius 3 is 2.62 bits per heavy atom. The van der Waals surface area contributed by atoms with E-state index in [0.29, 0.717) is 12.2 Å². The number of hydrogen-bond donors (Lipinski definition) is 1. The molecule has 0 radical (unpaired) electrons. The maximum absolute atomic E-state index is 12.3. The number of imidazole rings is 1. The molecule has 3 heterocycles. The van der Waals surface area contributed by atoms with Gasteiger partial charge in [-0.15, -0.1) is 11.3 Å². The number of hydrogen-bond acceptors (Lipinski definition) is 4. The van der Waals surface area contributed by atoms with Crippen molar-refractivity contribution in [1.29, 1.82) is 0 Å². The lowest BCUT2D eigenvalue weighted by atomic mass is 10.1. The highest BCUT2D eigenvalue weighted by atomic mass is 32.1. The number of thiazole rings is 1. The van der Waals surface area contributed by atoms with Crippen molar-refractivity contribution in [1.82, 2.24) is 19.7 Å². The molecule has 4 rings (SSSR count). The monoisotopic (exact) mass is 362 g/mol. The van der Waals surface area contributed by atoms with Gasteiger partial charge in [0.15, 0.2) is 0 Å². The van der Waals surface area contributed by atoms with Crippen LogP contribution in [0.2, 0.25) is 0 Å². The average Bonchev–Trinajstić information content (AvgIpc) is 3.28. The lowest BCUT2D eigenvalue weighted by Gasteiger charge is -2.08. The first-order chi connectivity index (χ1) is 12.6. The Bertz CT molecular complexity index is 1070. The summed E-state index contributed by atoms with van der Waals surface area (Å²) >= 11 is 1.41. The Labute approximate surface area is 155 Å². The van der Waals surface area contributed by atoms with E-state index in [-0.39, 0.29) is 5.91 Å². The Kier molecular flexibility index (Phi) is 4.26. The summed E-state index contributed by atoms with van der Waals surface area (Å²) in [5, 5.41) is 4.71. The molecule has 1 amide bonds. The first-order valence-corrected chi connectivity index (χ1v) is 9.27. The summed E-state index contributed by atoms with van der Waals surface area (Å²) in [5.41, 5.74) is 8.18. The highest BCUT2D eigenvalue weighted by molar-refractivity contribution is 7.07. The molecule has 26 heavy (non-hydrogen) atoms. The number of pyridine rings is 1.